The van der Waals surface area contributed by atoms with Crippen LogP contribution >= 0.6 is 11.8 Å². The Kier molecular flexibility index (Phi) is 3.15. The summed E-state index contributed by atoms with van der Waals surface area (Å²) in [6.07, 6.45) is 0. The first kappa shape index (κ1) is 12.1. The number of benzene rings is 2. The number of carbonyl (C=O) groups excluding carboxylic acids is 1. The first-order chi connectivity index (χ1) is 9.28. The predicted molar refractivity (Wildman–Crippen MR) is 75.0 cm³/mol. The molecule has 0 amide bonds. The van der Waals surface area contributed by atoms with Crippen molar-refractivity contribution in [2.24, 2.45) is 5.73 Å². The van der Waals surface area contributed by atoms with Gasteiger partial charge in [-0.05, 0) is 24.3 Å². The van der Waals surface area contributed by atoms with Gasteiger partial charge in [-0.3, -0.25) is 4.79 Å². The van der Waals surface area contributed by atoms with E-state index in [0.717, 1.165) is 21.2 Å². The molecule has 0 saturated heterocycles. The summed E-state index contributed by atoms with van der Waals surface area (Å²) in [6, 6.07) is 13.6. The van der Waals surface area contributed by atoms with Crippen molar-refractivity contribution in [1.29, 1.82) is 0 Å². The van der Waals surface area contributed by atoms with Crippen molar-refractivity contribution >= 4 is 29.1 Å². The molecule has 3 N–H and O–H groups in total. The van der Waals surface area contributed by atoms with Crippen molar-refractivity contribution in [3.05, 3.63) is 42.5 Å². The Balaban J connectivity index is 1.99. The second-order valence-corrected chi connectivity index (χ2v) is 5.11. The summed E-state index contributed by atoms with van der Waals surface area (Å²) in [5.41, 5.74) is 7.10. The van der Waals surface area contributed by atoms with E-state index in [0.29, 0.717) is 5.75 Å². The third-order valence-corrected chi connectivity index (χ3v) is 3.88. The highest BCUT2D eigenvalue weighted by molar-refractivity contribution is 7.99. The maximum absolute atomic E-state index is 11.3. The van der Waals surface area contributed by atoms with E-state index < -0.39 is 5.97 Å². The lowest BCUT2D eigenvalue weighted by Crippen LogP contribution is -2.20. The lowest BCUT2D eigenvalue weighted by atomic mass is 10.2. The Morgan fingerprint density at radius 3 is 2.79 bits per heavy atom. The molecule has 4 nitrogen and oxygen atoms in total. The van der Waals surface area contributed by atoms with Crippen molar-refractivity contribution in [1.82, 2.24) is 0 Å². The van der Waals surface area contributed by atoms with Crippen molar-refractivity contribution in [3.63, 3.8) is 0 Å². The highest BCUT2D eigenvalue weighted by atomic mass is 32.2. The van der Waals surface area contributed by atoms with Crippen LogP contribution in [0.3, 0.4) is 0 Å². The molecule has 0 spiro atoms. The SMILES string of the molecule is NCC(=O)Oc1cccc2c1Nc1ccccc1S2. The minimum atomic E-state index is -0.445. The summed E-state index contributed by atoms with van der Waals surface area (Å²) in [5, 5.41) is 3.30. The number of ether oxygens (including phenoxy) is 1. The van der Waals surface area contributed by atoms with Crippen molar-refractivity contribution in [2.45, 2.75) is 9.79 Å². The fraction of sp³-hybridized carbons (Fsp3) is 0.0714. The van der Waals surface area contributed by atoms with Gasteiger partial charge < -0.3 is 15.8 Å². The second-order valence-electron chi connectivity index (χ2n) is 4.03. The molecular formula is C14H12N2O2S. The fourth-order valence-corrected chi connectivity index (χ4v) is 2.89. The molecule has 0 unspecified atom stereocenters. The molecule has 1 aliphatic heterocycles. The van der Waals surface area contributed by atoms with E-state index in [9.17, 15) is 4.79 Å². The lowest BCUT2D eigenvalue weighted by Gasteiger charge is -2.22. The quantitative estimate of drug-likeness (QED) is 0.555. The van der Waals surface area contributed by atoms with E-state index in [1.807, 2.05) is 30.3 Å². The topological polar surface area (TPSA) is 64.4 Å². The summed E-state index contributed by atoms with van der Waals surface area (Å²) in [5.74, 6) is 0.0639. The van der Waals surface area contributed by atoms with Crippen LogP contribution in [-0.4, -0.2) is 12.5 Å². The van der Waals surface area contributed by atoms with Crippen LogP contribution in [0.25, 0.3) is 0 Å². The highest BCUT2D eigenvalue weighted by Crippen LogP contribution is 2.47. The molecular weight excluding hydrogens is 260 g/mol. The van der Waals surface area contributed by atoms with Gasteiger partial charge in [0.25, 0.3) is 0 Å². The first-order valence-electron chi connectivity index (χ1n) is 5.85. The normalized spacial score (nSPS) is 12.1. The van der Waals surface area contributed by atoms with E-state index in [-0.39, 0.29) is 6.54 Å². The van der Waals surface area contributed by atoms with Gasteiger partial charge in [0.2, 0.25) is 0 Å². The number of rotatable bonds is 2. The average molecular weight is 272 g/mol. The Morgan fingerprint density at radius 2 is 1.95 bits per heavy atom. The lowest BCUT2D eigenvalue weighted by molar-refractivity contribution is -0.132. The van der Waals surface area contributed by atoms with E-state index >= 15 is 0 Å². The molecule has 96 valence electrons. The van der Waals surface area contributed by atoms with Crippen molar-refractivity contribution in [3.8, 4) is 5.75 Å². The molecule has 1 heterocycles. The maximum Gasteiger partial charge on any atom is 0.325 e. The molecule has 0 atom stereocenters. The third-order valence-electron chi connectivity index (χ3n) is 2.75. The number of nitrogens with two attached hydrogens (primary N) is 1. The number of hydrogen-bond acceptors (Lipinski definition) is 5. The van der Waals surface area contributed by atoms with Gasteiger partial charge in [-0.15, -0.1) is 0 Å². The van der Waals surface area contributed by atoms with E-state index in [4.69, 9.17) is 10.5 Å². The molecule has 3 rings (SSSR count). The molecule has 0 fully saturated rings. The van der Waals surface area contributed by atoms with Crippen molar-refractivity contribution in [2.75, 3.05) is 11.9 Å². The molecule has 0 saturated carbocycles. The minimum absolute atomic E-state index is 0.132. The van der Waals surface area contributed by atoms with Crippen LogP contribution in [0.2, 0.25) is 0 Å². The Hall–Kier alpha value is -1.98. The molecule has 1 aliphatic rings. The molecule has 2 aromatic rings. The average Bonchev–Trinajstić information content (AvgIpc) is 2.45. The Bertz CT molecular complexity index is 643. The van der Waals surface area contributed by atoms with E-state index in [1.165, 1.54) is 0 Å². The van der Waals surface area contributed by atoms with Crippen LogP contribution in [0, 0.1) is 0 Å². The van der Waals surface area contributed by atoms with Crippen LogP contribution in [0.5, 0.6) is 5.75 Å². The zero-order valence-electron chi connectivity index (χ0n) is 10.1. The predicted octanol–water partition coefficient (Wildman–Crippen LogP) is 2.76. The number of fused-ring (bicyclic) bond motifs is 2. The van der Waals surface area contributed by atoms with Gasteiger partial charge in [0.15, 0.2) is 5.75 Å². The molecule has 19 heavy (non-hydrogen) atoms. The van der Waals surface area contributed by atoms with Crippen molar-refractivity contribution < 1.29 is 9.53 Å². The first-order valence-corrected chi connectivity index (χ1v) is 6.67. The number of nitrogens with one attached hydrogen (secondary N) is 1. The smallest absolute Gasteiger partial charge is 0.325 e. The number of esters is 1. The third kappa shape index (κ3) is 2.30. The van der Waals surface area contributed by atoms with E-state index in [1.54, 1.807) is 17.8 Å². The zero-order chi connectivity index (χ0) is 13.2. The molecule has 2 aromatic carbocycles. The van der Waals surface area contributed by atoms with Gasteiger partial charge in [-0.2, -0.15) is 0 Å². The van der Waals surface area contributed by atoms with Gasteiger partial charge >= 0.3 is 5.97 Å². The van der Waals surface area contributed by atoms with Crippen LogP contribution in [-0.2, 0) is 4.79 Å². The van der Waals surface area contributed by atoms with Gasteiger partial charge in [0.05, 0.1) is 17.9 Å². The molecule has 0 aromatic heterocycles. The zero-order valence-corrected chi connectivity index (χ0v) is 10.9. The highest BCUT2D eigenvalue weighted by Gasteiger charge is 2.19. The monoisotopic (exact) mass is 272 g/mol. The Labute approximate surface area is 115 Å². The van der Waals surface area contributed by atoms with Crippen LogP contribution in [0.4, 0.5) is 11.4 Å². The minimum Gasteiger partial charge on any atom is -0.423 e. The summed E-state index contributed by atoms with van der Waals surface area (Å²) < 4.78 is 5.24. The molecule has 5 heteroatoms. The second kappa shape index (κ2) is 4.95. The molecule has 0 bridgehead atoms. The maximum atomic E-state index is 11.3. The summed E-state index contributed by atoms with van der Waals surface area (Å²) in [4.78, 5) is 13.5. The summed E-state index contributed by atoms with van der Waals surface area (Å²) in [6.45, 7) is -0.132. The van der Waals surface area contributed by atoms with Gasteiger partial charge in [-0.1, -0.05) is 30.0 Å². The summed E-state index contributed by atoms with van der Waals surface area (Å²) >= 11 is 1.65. The van der Waals surface area contributed by atoms with Gasteiger partial charge in [-0.25, -0.2) is 0 Å². The molecule has 0 radical (unpaired) electrons. The number of carbonyl (C=O) groups is 1. The standard InChI is InChI=1S/C14H12N2O2S/c15-8-13(17)18-10-5-3-7-12-14(10)16-9-4-1-2-6-11(9)19-12/h1-7,16H,8,15H2. The summed E-state index contributed by atoms with van der Waals surface area (Å²) in [7, 11) is 0. The Morgan fingerprint density at radius 1 is 1.16 bits per heavy atom. The van der Waals surface area contributed by atoms with Crippen LogP contribution in [0.15, 0.2) is 52.3 Å². The number of hydrogen-bond donors (Lipinski definition) is 2. The largest absolute Gasteiger partial charge is 0.423 e. The van der Waals surface area contributed by atoms with Crippen LogP contribution in [0.1, 0.15) is 0 Å². The van der Waals surface area contributed by atoms with Crippen LogP contribution < -0.4 is 15.8 Å². The van der Waals surface area contributed by atoms with Gasteiger partial charge in [0.1, 0.15) is 0 Å². The van der Waals surface area contributed by atoms with Gasteiger partial charge in [0, 0.05) is 9.79 Å². The van der Waals surface area contributed by atoms with E-state index in [2.05, 4.69) is 11.4 Å². The number of para-hydroxylation sites is 2. The molecule has 0 aliphatic carbocycles. The fourth-order valence-electron chi connectivity index (χ4n) is 1.88. The number of anilines is 2.